The van der Waals surface area contributed by atoms with Gasteiger partial charge >= 0.3 is 0 Å². The Kier molecular flexibility index (Phi) is 4.30. The molecule has 0 amide bonds. The minimum absolute atomic E-state index is 0.646. The highest BCUT2D eigenvalue weighted by Gasteiger charge is 2.15. The maximum absolute atomic E-state index is 3.74. The van der Waals surface area contributed by atoms with Gasteiger partial charge in [0.05, 0.1) is 0 Å². The van der Waals surface area contributed by atoms with Crippen LogP contribution in [-0.2, 0) is 0 Å². The fourth-order valence-corrected chi connectivity index (χ4v) is 3.55. The summed E-state index contributed by atoms with van der Waals surface area (Å²) in [6.07, 6.45) is 6.73. The molecule has 0 bridgehead atoms. The van der Waals surface area contributed by atoms with E-state index in [0.717, 1.165) is 10.4 Å². The zero-order valence-electron chi connectivity index (χ0n) is 12.0. The van der Waals surface area contributed by atoms with Crippen LogP contribution in [0, 0.1) is 5.92 Å². The van der Waals surface area contributed by atoms with E-state index in [-0.39, 0.29) is 0 Å². The Morgan fingerprint density at radius 2 is 1.75 bits per heavy atom. The predicted molar refractivity (Wildman–Crippen MR) is 91.3 cm³/mol. The molecule has 1 nitrogen and oxygen atoms in total. The first-order chi connectivity index (χ1) is 9.70. The molecule has 0 aromatic heterocycles. The van der Waals surface area contributed by atoms with Crippen molar-refractivity contribution in [3.8, 4) is 0 Å². The third-order valence-electron chi connectivity index (χ3n) is 4.43. The van der Waals surface area contributed by atoms with Crippen molar-refractivity contribution in [2.24, 2.45) is 5.92 Å². The lowest BCUT2D eigenvalue weighted by Crippen LogP contribution is -2.18. The summed E-state index contributed by atoms with van der Waals surface area (Å²) in [4.78, 5) is 0. The summed E-state index contributed by atoms with van der Waals surface area (Å²) in [5, 5.41) is 6.33. The minimum Gasteiger partial charge on any atom is -0.382 e. The van der Waals surface area contributed by atoms with Gasteiger partial charge in [-0.25, -0.2) is 0 Å². The number of fused-ring (bicyclic) bond motifs is 1. The average molecular weight is 332 g/mol. The molecule has 20 heavy (non-hydrogen) atoms. The quantitative estimate of drug-likeness (QED) is 0.667. The molecule has 1 aliphatic rings. The Bertz CT molecular complexity index is 593. The summed E-state index contributed by atoms with van der Waals surface area (Å²) in [6, 6.07) is 13.8. The van der Waals surface area contributed by atoms with Gasteiger partial charge in [0.2, 0.25) is 0 Å². The highest BCUT2D eigenvalue weighted by Crippen LogP contribution is 2.27. The number of hydrogen-bond donors (Lipinski definition) is 1. The fourth-order valence-electron chi connectivity index (χ4n) is 3.17. The highest BCUT2D eigenvalue weighted by atomic mass is 79.9. The third-order valence-corrected chi connectivity index (χ3v) is 4.92. The van der Waals surface area contributed by atoms with E-state index in [2.05, 4.69) is 64.6 Å². The minimum atomic E-state index is 0.646. The van der Waals surface area contributed by atoms with E-state index in [1.807, 2.05) is 0 Å². The molecule has 2 aromatic rings. The van der Waals surface area contributed by atoms with Crippen LogP contribution in [0.3, 0.4) is 0 Å². The first-order valence-electron chi connectivity index (χ1n) is 7.66. The van der Waals surface area contributed by atoms with Gasteiger partial charge in [-0.15, -0.1) is 0 Å². The van der Waals surface area contributed by atoms with Gasteiger partial charge in [0, 0.05) is 16.2 Å². The van der Waals surface area contributed by atoms with Crippen LogP contribution in [-0.4, -0.2) is 6.04 Å². The van der Waals surface area contributed by atoms with Gasteiger partial charge in [-0.05, 0) is 60.2 Å². The van der Waals surface area contributed by atoms with Gasteiger partial charge in [0.1, 0.15) is 0 Å². The fraction of sp³-hybridized carbons (Fsp3) is 0.444. The summed E-state index contributed by atoms with van der Waals surface area (Å²) in [5.41, 5.74) is 1.26. The van der Waals surface area contributed by atoms with E-state index in [0.29, 0.717) is 6.04 Å². The summed E-state index contributed by atoms with van der Waals surface area (Å²) in [6.45, 7) is 2.39. The van der Waals surface area contributed by atoms with E-state index in [1.54, 1.807) is 0 Å². The van der Waals surface area contributed by atoms with Gasteiger partial charge in [0.15, 0.2) is 0 Å². The zero-order valence-corrected chi connectivity index (χ0v) is 13.6. The normalized spacial score (nSPS) is 23.5. The number of anilines is 1. The van der Waals surface area contributed by atoms with Crippen molar-refractivity contribution in [3.63, 3.8) is 0 Å². The van der Waals surface area contributed by atoms with Gasteiger partial charge in [0.25, 0.3) is 0 Å². The molecule has 1 aliphatic carbocycles. The van der Waals surface area contributed by atoms with Crippen molar-refractivity contribution in [1.82, 2.24) is 0 Å². The molecule has 0 radical (unpaired) electrons. The molecule has 2 aromatic carbocycles. The lowest BCUT2D eigenvalue weighted by Gasteiger charge is -2.18. The van der Waals surface area contributed by atoms with Crippen LogP contribution >= 0.6 is 15.9 Å². The van der Waals surface area contributed by atoms with Gasteiger partial charge in [-0.3, -0.25) is 0 Å². The molecule has 1 fully saturated rings. The highest BCUT2D eigenvalue weighted by molar-refractivity contribution is 9.10. The Labute approximate surface area is 129 Å². The monoisotopic (exact) mass is 331 g/mol. The third kappa shape index (κ3) is 3.35. The lowest BCUT2D eigenvalue weighted by molar-refractivity contribution is 0.502. The maximum atomic E-state index is 3.74. The van der Waals surface area contributed by atoms with Crippen LogP contribution in [0.1, 0.15) is 39.0 Å². The number of benzene rings is 2. The second-order valence-corrected chi connectivity index (χ2v) is 7.08. The molecule has 1 N–H and O–H groups in total. The molecule has 1 saturated carbocycles. The molecular weight excluding hydrogens is 310 g/mol. The molecule has 106 valence electrons. The largest absolute Gasteiger partial charge is 0.382 e. The van der Waals surface area contributed by atoms with Crippen LogP contribution < -0.4 is 5.32 Å². The number of hydrogen-bond acceptors (Lipinski definition) is 1. The molecule has 2 unspecified atom stereocenters. The van der Waals surface area contributed by atoms with Crippen molar-refractivity contribution in [3.05, 3.63) is 40.9 Å². The van der Waals surface area contributed by atoms with Crippen molar-refractivity contribution < 1.29 is 0 Å². The zero-order chi connectivity index (χ0) is 13.9. The molecule has 0 aliphatic heterocycles. The van der Waals surface area contributed by atoms with E-state index in [4.69, 9.17) is 0 Å². The van der Waals surface area contributed by atoms with E-state index >= 15 is 0 Å². The Hall–Kier alpha value is -1.02. The van der Waals surface area contributed by atoms with E-state index in [9.17, 15) is 0 Å². The average Bonchev–Trinajstić information content (AvgIpc) is 2.64. The van der Waals surface area contributed by atoms with Gasteiger partial charge < -0.3 is 5.32 Å². The summed E-state index contributed by atoms with van der Waals surface area (Å²) in [5.74, 6) is 0.899. The first-order valence-corrected chi connectivity index (χ1v) is 8.46. The molecule has 2 atom stereocenters. The molecule has 0 spiro atoms. The number of rotatable bonds is 2. The second-order valence-electron chi connectivity index (χ2n) is 6.16. The lowest BCUT2D eigenvalue weighted by atomic mass is 10.0. The van der Waals surface area contributed by atoms with E-state index in [1.165, 1.54) is 48.6 Å². The molecule has 0 heterocycles. The van der Waals surface area contributed by atoms with Gasteiger partial charge in [-0.2, -0.15) is 0 Å². The smallest absolute Gasteiger partial charge is 0.0348 e. The Morgan fingerprint density at radius 3 is 2.65 bits per heavy atom. The van der Waals surface area contributed by atoms with Crippen LogP contribution in [0.5, 0.6) is 0 Å². The van der Waals surface area contributed by atoms with Crippen molar-refractivity contribution in [1.29, 1.82) is 0 Å². The summed E-state index contributed by atoms with van der Waals surface area (Å²) in [7, 11) is 0. The van der Waals surface area contributed by atoms with Crippen LogP contribution in [0.15, 0.2) is 40.9 Å². The van der Waals surface area contributed by atoms with Crippen molar-refractivity contribution in [2.75, 3.05) is 5.32 Å². The SMILES string of the molecule is CC1CCCC(Nc2ccc3cc(Br)ccc3c2)CC1. The topological polar surface area (TPSA) is 12.0 Å². The van der Waals surface area contributed by atoms with Crippen LogP contribution in [0.4, 0.5) is 5.69 Å². The Morgan fingerprint density at radius 1 is 0.950 bits per heavy atom. The molecular formula is C18H22BrN. The number of nitrogens with one attached hydrogen (secondary N) is 1. The van der Waals surface area contributed by atoms with E-state index < -0.39 is 0 Å². The number of halogens is 1. The van der Waals surface area contributed by atoms with Crippen molar-refractivity contribution in [2.45, 2.75) is 45.1 Å². The van der Waals surface area contributed by atoms with Crippen LogP contribution in [0.2, 0.25) is 0 Å². The molecule has 0 saturated heterocycles. The van der Waals surface area contributed by atoms with Gasteiger partial charge in [-0.1, -0.05) is 47.8 Å². The first kappa shape index (κ1) is 13.9. The van der Waals surface area contributed by atoms with Crippen molar-refractivity contribution >= 4 is 32.4 Å². The standard InChI is InChI=1S/C18H22BrN/c1-13-3-2-4-17(9-5-13)20-18-10-7-14-11-16(19)8-6-15(14)12-18/h6-8,10-13,17,20H,2-5,9H2,1H3. The second kappa shape index (κ2) is 6.17. The Balaban J connectivity index is 1.75. The molecule has 2 heteroatoms. The predicted octanol–water partition coefficient (Wildman–Crippen LogP) is 5.98. The summed E-state index contributed by atoms with van der Waals surface area (Å²) >= 11 is 3.53. The summed E-state index contributed by atoms with van der Waals surface area (Å²) < 4.78 is 1.14. The maximum Gasteiger partial charge on any atom is 0.0348 e. The molecule has 3 rings (SSSR count). The van der Waals surface area contributed by atoms with Crippen LogP contribution in [0.25, 0.3) is 10.8 Å².